The van der Waals surface area contributed by atoms with E-state index in [4.69, 9.17) is 0 Å². The van der Waals surface area contributed by atoms with Crippen molar-refractivity contribution in [3.05, 3.63) is 32.6 Å². The van der Waals surface area contributed by atoms with Gasteiger partial charge >= 0.3 is 5.69 Å². The van der Waals surface area contributed by atoms with Crippen LogP contribution in [-0.4, -0.2) is 51.0 Å². The summed E-state index contributed by atoms with van der Waals surface area (Å²) in [6, 6.07) is 1.53. The van der Waals surface area contributed by atoms with E-state index in [2.05, 4.69) is 4.90 Å². The van der Waals surface area contributed by atoms with Crippen LogP contribution in [0.25, 0.3) is 0 Å². The number of nitrogens with zero attached hydrogens (tertiary/aromatic N) is 4. The van der Waals surface area contributed by atoms with E-state index in [0.29, 0.717) is 18.9 Å². The van der Waals surface area contributed by atoms with Gasteiger partial charge in [-0.3, -0.25) is 23.6 Å². The Bertz CT molecular complexity index is 738. The second-order valence-electron chi connectivity index (χ2n) is 7.39. The molecule has 1 aliphatic carbocycles. The van der Waals surface area contributed by atoms with Gasteiger partial charge in [-0.15, -0.1) is 0 Å². The number of carbonyl (C=O) groups excluding carboxylic acids is 1. The minimum absolute atomic E-state index is 0.275. The molecule has 1 aliphatic heterocycles. The van der Waals surface area contributed by atoms with Crippen LogP contribution in [0.1, 0.15) is 37.8 Å². The minimum atomic E-state index is -0.298. The maximum atomic E-state index is 12.4. The summed E-state index contributed by atoms with van der Waals surface area (Å²) in [4.78, 5) is 40.4. The summed E-state index contributed by atoms with van der Waals surface area (Å²) in [5, 5.41) is 0. The molecule has 0 aromatic carbocycles. The van der Waals surface area contributed by atoms with E-state index < -0.39 is 0 Å². The highest BCUT2D eigenvalue weighted by atomic mass is 16.2. The topological polar surface area (TPSA) is 67.5 Å². The molecular weight excluding hydrogens is 320 g/mol. The molecule has 0 bridgehead atoms. The van der Waals surface area contributed by atoms with Crippen LogP contribution in [0.3, 0.4) is 0 Å². The van der Waals surface area contributed by atoms with Crippen molar-refractivity contribution in [2.75, 3.05) is 26.2 Å². The fraction of sp³-hybridized carbons (Fsp3) is 0.722. The molecule has 2 aliphatic rings. The lowest BCUT2D eigenvalue weighted by molar-refractivity contribution is -0.134. The van der Waals surface area contributed by atoms with Crippen LogP contribution in [0.5, 0.6) is 0 Å². The fourth-order valence-corrected chi connectivity index (χ4v) is 3.91. The molecule has 7 nitrogen and oxygen atoms in total. The number of hydrogen-bond donors (Lipinski definition) is 0. The first-order valence-corrected chi connectivity index (χ1v) is 9.22. The first-order valence-electron chi connectivity index (χ1n) is 9.22. The van der Waals surface area contributed by atoms with Gasteiger partial charge in [0.05, 0.1) is 0 Å². The van der Waals surface area contributed by atoms with Crippen LogP contribution in [0, 0.1) is 5.92 Å². The Hall–Kier alpha value is -1.89. The summed E-state index contributed by atoms with van der Waals surface area (Å²) < 4.78 is 2.64. The Kier molecular flexibility index (Phi) is 5.42. The summed E-state index contributed by atoms with van der Waals surface area (Å²) in [7, 11) is 3.18. The van der Waals surface area contributed by atoms with E-state index in [9.17, 15) is 14.4 Å². The Labute approximate surface area is 147 Å². The van der Waals surface area contributed by atoms with Crippen molar-refractivity contribution in [2.24, 2.45) is 20.0 Å². The number of hydrogen-bond acceptors (Lipinski definition) is 4. The molecule has 1 amide bonds. The standard InChI is InChI=1S/C18H28N4O3/c1-19-15(12-16(23)20(2)18(19)25)13-21-7-9-22(10-8-21)17(24)11-14-5-3-4-6-14/h12,14H,3-11,13H2,1-2H3. The second-order valence-corrected chi connectivity index (χ2v) is 7.39. The summed E-state index contributed by atoms with van der Waals surface area (Å²) in [6.45, 7) is 3.57. The average Bonchev–Trinajstić information content (AvgIpc) is 3.11. The van der Waals surface area contributed by atoms with E-state index in [0.717, 1.165) is 36.4 Å². The van der Waals surface area contributed by atoms with Crippen molar-refractivity contribution in [1.82, 2.24) is 18.9 Å². The largest absolute Gasteiger partial charge is 0.340 e. The van der Waals surface area contributed by atoms with Crippen LogP contribution in [0.4, 0.5) is 0 Å². The van der Waals surface area contributed by atoms with Crippen LogP contribution >= 0.6 is 0 Å². The monoisotopic (exact) mass is 348 g/mol. The van der Waals surface area contributed by atoms with Gasteiger partial charge in [-0.1, -0.05) is 12.8 Å². The molecule has 1 saturated heterocycles. The number of amides is 1. The minimum Gasteiger partial charge on any atom is -0.340 e. The summed E-state index contributed by atoms with van der Waals surface area (Å²) in [6.07, 6.45) is 5.62. The third kappa shape index (κ3) is 4.03. The van der Waals surface area contributed by atoms with Gasteiger partial charge in [0.15, 0.2) is 0 Å². The smallest absolute Gasteiger partial charge is 0.330 e. The third-order valence-corrected chi connectivity index (χ3v) is 5.67. The number of piperazine rings is 1. The molecule has 0 spiro atoms. The SMILES string of the molecule is Cn1c(CN2CCN(C(=O)CC3CCCC3)CC2)cc(=O)n(C)c1=O. The lowest BCUT2D eigenvalue weighted by atomic mass is 10.0. The van der Waals surface area contributed by atoms with Crippen LogP contribution < -0.4 is 11.2 Å². The quantitative estimate of drug-likeness (QED) is 0.785. The Morgan fingerprint density at radius 1 is 1.04 bits per heavy atom. The summed E-state index contributed by atoms with van der Waals surface area (Å²) in [5.74, 6) is 0.869. The van der Waals surface area contributed by atoms with Crippen LogP contribution in [0.2, 0.25) is 0 Å². The zero-order valence-corrected chi connectivity index (χ0v) is 15.2. The van der Waals surface area contributed by atoms with Gasteiger partial charge in [-0.25, -0.2) is 4.79 Å². The van der Waals surface area contributed by atoms with Crippen LogP contribution in [0.15, 0.2) is 15.7 Å². The van der Waals surface area contributed by atoms with E-state index >= 15 is 0 Å². The molecule has 2 heterocycles. The normalized spacial score (nSPS) is 19.5. The number of carbonyl (C=O) groups is 1. The third-order valence-electron chi connectivity index (χ3n) is 5.67. The molecule has 1 aromatic rings. The van der Waals surface area contributed by atoms with E-state index in [1.54, 1.807) is 7.05 Å². The van der Waals surface area contributed by atoms with Gasteiger partial charge in [-0.2, -0.15) is 0 Å². The highest BCUT2D eigenvalue weighted by molar-refractivity contribution is 5.76. The first-order chi connectivity index (χ1) is 12.0. The predicted octanol–water partition coefficient (Wildman–Crippen LogP) is 0.309. The zero-order valence-electron chi connectivity index (χ0n) is 15.2. The van der Waals surface area contributed by atoms with Crippen molar-refractivity contribution >= 4 is 5.91 Å². The lowest BCUT2D eigenvalue weighted by Crippen LogP contribution is -2.49. The molecule has 0 atom stereocenters. The molecule has 138 valence electrons. The van der Waals surface area contributed by atoms with Crippen molar-refractivity contribution in [2.45, 2.75) is 38.6 Å². The van der Waals surface area contributed by atoms with Crippen molar-refractivity contribution in [1.29, 1.82) is 0 Å². The fourth-order valence-electron chi connectivity index (χ4n) is 3.91. The summed E-state index contributed by atoms with van der Waals surface area (Å²) >= 11 is 0. The van der Waals surface area contributed by atoms with Gasteiger partial charge in [0, 0.05) is 65.0 Å². The molecule has 0 N–H and O–H groups in total. The summed E-state index contributed by atoms with van der Waals surface area (Å²) in [5.41, 5.74) is 0.148. The highest BCUT2D eigenvalue weighted by Crippen LogP contribution is 2.28. The Morgan fingerprint density at radius 3 is 2.32 bits per heavy atom. The molecular formula is C18H28N4O3. The zero-order chi connectivity index (χ0) is 18.0. The molecule has 3 rings (SSSR count). The van der Waals surface area contributed by atoms with Crippen molar-refractivity contribution in [3.63, 3.8) is 0 Å². The Balaban J connectivity index is 1.55. The van der Waals surface area contributed by atoms with Gasteiger partial charge in [0.1, 0.15) is 0 Å². The average molecular weight is 348 g/mol. The van der Waals surface area contributed by atoms with Gasteiger partial charge in [0.2, 0.25) is 5.91 Å². The predicted molar refractivity (Wildman–Crippen MR) is 95.4 cm³/mol. The molecule has 7 heteroatoms. The number of aromatic nitrogens is 2. The lowest BCUT2D eigenvalue weighted by Gasteiger charge is -2.35. The first kappa shape index (κ1) is 17.9. The van der Waals surface area contributed by atoms with Crippen LogP contribution in [-0.2, 0) is 25.4 Å². The second kappa shape index (κ2) is 7.56. The van der Waals surface area contributed by atoms with Gasteiger partial charge < -0.3 is 4.90 Å². The molecule has 2 fully saturated rings. The number of rotatable bonds is 4. The van der Waals surface area contributed by atoms with Gasteiger partial charge in [-0.05, 0) is 18.8 Å². The maximum absolute atomic E-state index is 12.4. The molecule has 0 unspecified atom stereocenters. The van der Waals surface area contributed by atoms with Crippen molar-refractivity contribution in [3.8, 4) is 0 Å². The highest BCUT2D eigenvalue weighted by Gasteiger charge is 2.25. The van der Waals surface area contributed by atoms with E-state index in [-0.39, 0.29) is 17.2 Å². The Morgan fingerprint density at radius 2 is 1.68 bits per heavy atom. The van der Waals surface area contributed by atoms with Crippen molar-refractivity contribution < 1.29 is 4.79 Å². The van der Waals surface area contributed by atoms with E-state index in [1.807, 2.05) is 4.90 Å². The molecule has 25 heavy (non-hydrogen) atoms. The molecule has 1 saturated carbocycles. The maximum Gasteiger partial charge on any atom is 0.330 e. The molecule has 0 radical (unpaired) electrons. The van der Waals surface area contributed by atoms with Gasteiger partial charge in [0.25, 0.3) is 5.56 Å². The molecule has 1 aromatic heterocycles. The van der Waals surface area contributed by atoms with E-state index in [1.165, 1.54) is 43.4 Å².